The highest BCUT2D eigenvalue weighted by molar-refractivity contribution is 5.00. The van der Waals surface area contributed by atoms with E-state index in [0.29, 0.717) is 12.0 Å². The van der Waals surface area contributed by atoms with Gasteiger partial charge in [0, 0.05) is 5.92 Å². The highest BCUT2D eigenvalue weighted by Gasteiger charge is 2.24. The molecule has 1 aliphatic heterocycles. The standard InChI is InChI=1S/C14H23N3O/c1-2-4-8-11(7-3-1)13-16-14(18-17-13)12-9-5-6-10-15-12/h11-12,15H,1-10H2/t12-/m0/s1. The van der Waals surface area contributed by atoms with Crippen molar-refractivity contribution in [2.45, 2.75) is 69.7 Å². The van der Waals surface area contributed by atoms with E-state index in [-0.39, 0.29) is 0 Å². The highest BCUT2D eigenvalue weighted by atomic mass is 16.5. The maximum Gasteiger partial charge on any atom is 0.243 e. The summed E-state index contributed by atoms with van der Waals surface area (Å²) < 4.78 is 5.47. The van der Waals surface area contributed by atoms with Crippen molar-refractivity contribution < 1.29 is 4.52 Å². The van der Waals surface area contributed by atoms with E-state index in [2.05, 4.69) is 15.5 Å². The number of hydrogen-bond donors (Lipinski definition) is 1. The largest absolute Gasteiger partial charge is 0.338 e. The third-order valence-corrected chi connectivity index (χ3v) is 4.29. The first kappa shape index (κ1) is 12.2. The molecule has 1 N–H and O–H groups in total. The minimum atomic E-state index is 0.297. The molecule has 1 saturated heterocycles. The molecule has 4 heteroatoms. The smallest absolute Gasteiger partial charge is 0.243 e. The van der Waals surface area contributed by atoms with Crippen molar-refractivity contribution in [3.05, 3.63) is 11.7 Å². The first-order valence-corrected chi connectivity index (χ1v) is 7.50. The first-order chi connectivity index (χ1) is 8.93. The van der Waals surface area contributed by atoms with Crippen LogP contribution >= 0.6 is 0 Å². The van der Waals surface area contributed by atoms with Crippen molar-refractivity contribution in [3.63, 3.8) is 0 Å². The number of nitrogens with zero attached hydrogens (tertiary/aromatic N) is 2. The molecule has 1 aromatic rings. The molecule has 1 saturated carbocycles. The number of nitrogens with one attached hydrogen (secondary N) is 1. The van der Waals surface area contributed by atoms with E-state index in [4.69, 9.17) is 4.52 Å². The van der Waals surface area contributed by atoms with Crippen molar-refractivity contribution >= 4 is 0 Å². The zero-order chi connectivity index (χ0) is 12.2. The third kappa shape index (κ3) is 2.74. The highest BCUT2D eigenvalue weighted by Crippen LogP contribution is 2.31. The Labute approximate surface area is 109 Å². The van der Waals surface area contributed by atoms with E-state index < -0.39 is 0 Å². The van der Waals surface area contributed by atoms with Gasteiger partial charge in [0.2, 0.25) is 5.89 Å². The Morgan fingerprint density at radius 3 is 2.44 bits per heavy atom. The van der Waals surface area contributed by atoms with Crippen LogP contribution in [0, 0.1) is 0 Å². The Hall–Kier alpha value is -0.900. The van der Waals surface area contributed by atoms with Crippen LogP contribution in [0.25, 0.3) is 0 Å². The average molecular weight is 249 g/mol. The van der Waals surface area contributed by atoms with Gasteiger partial charge in [0.25, 0.3) is 0 Å². The van der Waals surface area contributed by atoms with E-state index in [1.54, 1.807) is 0 Å². The van der Waals surface area contributed by atoms with E-state index >= 15 is 0 Å². The maximum atomic E-state index is 5.47. The molecule has 1 atom stereocenters. The molecule has 1 aromatic heterocycles. The van der Waals surface area contributed by atoms with Gasteiger partial charge in [0.1, 0.15) is 0 Å². The summed E-state index contributed by atoms with van der Waals surface area (Å²) in [6.45, 7) is 1.08. The average Bonchev–Trinajstić information content (AvgIpc) is 2.76. The second-order valence-corrected chi connectivity index (χ2v) is 5.68. The predicted octanol–water partition coefficient (Wildman–Crippen LogP) is 3.32. The Morgan fingerprint density at radius 2 is 1.72 bits per heavy atom. The fourth-order valence-electron chi connectivity index (χ4n) is 3.15. The van der Waals surface area contributed by atoms with Gasteiger partial charge >= 0.3 is 0 Å². The summed E-state index contributed by atoms with van der Waals surface area (Å²) in [6.07, 6.45) is 11.5. The SMILES string of the molecule is C1CCCC(c2noc([C@@H]3CCCCN3)n2)CC1. The summed E-state index contributed by atoms with van der Waals surface area (Å²) in [5, 5.41) is 7.70. The molecule has 1 aliphatic carbocycles. The van der Waals surface area contributed by atoms with Gasteiger partial charge in [-0.3, -0.25) is 0 Å². The van der Waals surface area contributed by atoms with Gasteiger partial charge in [0.15, 0.2) is 5.82 Å². The molecule has 2 aliphatic rings. The van der Waals surface area contributed by atoms with Crippen LogP contribution in [0.2, 0.25) is 0 Å². The van der Waals surface area contributed by atoms with Crippen LogP contribution in [0.3, 0.4) is 0 Å². The summed E-state index contributed by atoms with van der Waals surface area (Å²) in [4.78, 5) is 4.66. The lowest BCUT2D eigenvalue weighted by Crippen LogP contribution is -2.27. The third-order valence-electron chi connectivity index (χ3n) is 4.29. The lowest BCUT2D eigenvalue weighted by atomic mass is 10.00. The molecule has 3 rings (SSSR count). The van der Waals surface area contributed by atoms with Gasteiger partial charge in [-0.25, -0.2) is 0 Å². The van der Waals surface area contributed by atoms with Gasteiger partial charge in [0.05, 0.1) is 6.04 Å². The van der Waals surface area contributed by atoms with Crippen molar-refractivity contribution in [2.24, 2.45) is 0 Å². The van der Waals surface area contributed by atoms with Crippen LogP contribution in [0.1, 0.15) is 81.5 Å². The molecule has 0 radical (unpaired) electrons. The molecular weight excluding hydrogens is 226 g/mol. The molecule has 0 bridgehead atoms. The molecule has 0 aromatic carbocycles. The topological polar surface area (TPSA) is 51.0 Å². The van der Waals surface area contributed by atoms with E-state index in [0.717, 1.165) is 24.7 Å². The van der Waals surface area contributed by atoms with Crippen molar-refractivity contribution in [1.29, 1.82) is 0 Å². The Bertz CT molecular complexity index is 363. The zero-order valence-corrected chi connectivity index (χ0v) is 11.0. The summed E-state index contributed by atoms with van der Waals surface area (Å²) in [5.74, 6) is 2.31. The van der Waals surface area contributed by atoms with E-state index in [1.807, 2.05) is 0 Å². The molecule has 100 valence electrons. The molecule has 18 heavy (non-hydrogen) atoms. The van der Waals surface area contributed by atoms with Gasteiger partial charge in [-0.15, -0.1) is 0 Å². The van der Waals surface area contributed by atoms with Crippen LogP contribution in [0.15, 0.2) is 4.52 Å². The van der Waals surface area contributed by atoms with Crippen molar-refractivity contribution in [1.82, 2.24) is 15.5 Å². The Balaban J connectivity index is 1.67. The molecule has 0 spiro atoms. The lowest BCUT2D eigenvalue weighted by Gasteiger charge is -2.19. The second-order valence-electron chi connectivity index (χ2n) is 5.68. The van der Waals surface area contributed by atoms with Gasteiger partial charge in [-0.05, 0) is 32.2 Å². The van der Waals surface area contributed by atoms with Crippen LogP contribution in [0.5, 0.6) is 0 Å². The monoisotopic (exact) mass is 249 g/mol. The molecular formula is C14H23N3O. The zero-order valence-electron chi connectivity index (χ0n) is 11.0. The normalized spacial score (nSPS) is 27.0. The Morgan fingerprint density at radius 1 is 0.944 bits per heavy atom. The minimum absolute atomic E-state index is 0.297. The number of piperidine rings is 1. The lowest BCUT2D eigenvalue weighted by molar-refractivity contribution is 0.294. The molecule has 0 unspecified atom stereocenters. The molecule has 2 fully saturated rings. The van der Waals surface area contributed by atoms with Crippen LogP contribution < -0.4 is 5.32 Å². The molecule has 0 amide bonds. The summed E-state index contributed by atoms with van der Waals surface area (Å²) in [5.41, 5.74) is 0. The predicted molar refractivity (Wildman–Crippen MR) is 69.3 cm³/mol. The van der Waals surface area contributed by atoms with Crippen LogP contribution in [-0.2, 0) is 0 Å². The second kappa shape index (κ2) is 5.83. The van der Waals surface area contributed by atoms with Crippen LogP contribution in [0.4, 0.5) is 0 Å². The first-order valence-electron chi connectivity index (χ1n) is 7.50. The molecule has 2 heterocycles. The fraction of sp³-hybridized carbons (Fsp3) is 0.857. The summed E-state index contributed by atoms with van der Waals surface area (Å²) in [7, 11) is 0. The minimum Gasteiger partial charge on any atom is -0.338 e. The Kier molecular flexibility index (Phi) is 3.93. The fourth-order valence-corrected chi connectivity index (χ4v) is 3.15. The van der Waals surface area contributed by atoms with Gasteiger partial charge in [-0.2, -0.15) is 4.98 Å². The number of aromatic nitrogens is 2. The quantitative estimate of drug-likeness (QED) is 0.817. The van der Waals surface area contributed by atoms with E-state index in [9.17, 15) is 0 Å². The van der Waals surface area contributed by atoms with Crippen molar-refractivity contribution in [2.75, 3.05) is 6.54 Å². The van der Waals surface area contributed by atoms with Gasteiger partial charge < -0.3 is 9.84 Å². The van der Waals surface area contributed by atoms with Gasteiger partial charge in [-0.1, -0.05) is 37.3 Å². The summed E-state index contributed by atoms with van der Waals surface area (Å²) >= 11 is 0. The van der Waals surface area contributed by atoms with Crippen molar-refractivity contribution in [3.8, 4) is 0 Å². The number of hydrogen-bond acceptors (Lipinski definition) is 4. The maximum absolute atomic E-state index is 5.47. The molecule has 4 nitrogen and oxygen atoms in total. The number of rotatable bonds is 2. The summed E-state index contributed by atoms with van der Waals surface area (Å²) in [6, 6.07) is 0.297. The van der Waals surface area contributed by atoms with E-state index in [1.165, 1.54) is 51.4 Å². The van der Waals surface area contributed by atoms with Crippen LogP contribution in [-0.4, -0.2) is 16.7 Å².